The molecule has 0 spiro atoms. The summed E-state index contributed by atoms with van der Waals surface area (Å²) in [6.07, 6.45) is 6.31. The quantitative estimate of drug-likeness (QED) is 0.587. The number of aromatic nitrogens is 4. The summed E-state index contributed by atoms with van der Waals surface area (Å²) in [5, 5.41) is 14.5. The zero-order chi connectivity index (χ0) is 16.4. The van der Waals surface area contributed by atoms with Crippen molar-refractivity contribution in [3.63, 3.8) is 0 Å². The van der Waals surface area contributed by atoms with Crippen LogP contribution >= 0.6 is 0 Å². The summed E-state index contributed by atoms with van der Waals surface area (Å²) in [5.74, 6) is 1.64. The Morgan fingerprint density at radius 3 is 3.12 bits per heavy atom. The average molecular weight is 319 g/mol. The van der Waals surface area contributed by atoms with E-state index in [0.717, 1.165) is 36.7 Å². The Morgan fingerprint density at radius 1 is 1.38 bits per heavy atom. The van der Waals surface area contributed by atoms with E-state index in [9.17, 15) is 0 Å². The van der Waals surface area contributed by atoms with Crippen molar-refractivity contribution in [2.75, 3.05) is 23.7 Å². The van der Waals surface area contributed by atoms with Crippen molar-refractivity contribution in [3.8, 4) is 0 Å². The van der Waals surface area contributed by atoms with Crippen LogP contribution in [0, 0.1) is 0 Å². The first kappa shape index (κ1) is 15.0. The van der Waals surface area contributed by atoms with Gasteiger partial charge < -0.3 is 16.0 Å². The molecular weight excluding hydrogens is 301 g/mol. The highest BCUT2D eigenvalue weighted by Crippen LogP contribution is 2.17. The molecule has 3 aromatic heterocycles. The average Bonchev–Trinajstić information content (AvgIpc) is 3.24. The third kappa shape index (κ3) is 3.05. The molecule has 8 heteroatoms. The van der Waals surface area contributed by atoms with Gasteiger partial charge in [0.25, 0.3) is 0 Å². The number of hydrogen-bond acceptors (Lipinski definition) is 6. The van der Waals surface area contributed by atoms with Crippen LogP contribution in [-0.2, 0) is 6.54 Å². The molecule has 0 aliphatic carbocycles. The van der Waals surface area contributed by atoms with Gasteiger partial charge in [-0.15, -0.1) is 0 Å². The molecule has 1 aliphatic heterocycles. The Bertz CT molecular complexity index is 827. The third-order valence-corrected chi connectivity index (χ3v) is 4.11. The Morgan fingerprint density at radius 2 is 2.33 bits per heavy atom. The first-order chi connectivity index (χ1) is 11.8. The van der Waals surface area contributed by atoms with E-state index in [4.69, 9.17) is 7.85 Å². The molecule has 3 aromatic rings. The van der Waals surface area contributed by atoms with Crippen molar-refractivity contribution in [1.29, 1.82) is 0 Å². The van der Waals surface area contributed by atoms with E-state index < -0.39 is 0 Å². The number of nitrogens with one attached hydrogen (secondary N) is 3. The maximum Gasteiger partial charge on any atom is 0.152 e. The highest BCUT2D eigenvalue weighted by molar-refractivity contribution is 6.36. The first-order valence-corrected chi connectivity index (χ1v) is 8.04. The predicted molar refractivity (Wildman–Crippen MR) is 94.8 cm³/mol. The van der Waals surface area contributed by atoms with Gasteiger partial charge in [-0.2, -0.15) is 9.61 Å². The molecule has 1 atom stereocenters. The zero-order valence-corrected chi connectivity index (χ0v) is 13.2. The van der Waals surface area contributed by atoms with Gasteiger partial charge in [0.15, 0.2) is 5.65 Å². The molecular formula is C16H18BN7. The Kier molecular flexibility index (Phi) is 4.04. The smallest absolute Gasteiger partial charge is 0.152 e. The summed E-state index contributed by atoms with van der Waals surface area (Å²) in [6, 6.07) is 6.30. The van der Waals surface area contributed by atoms with Crippen LogP contribution in [-0.4, -0.2) is 46.6 Å². The number of hydrogen-bond donors (Lipinski definition) is 3. The van der Waals surface area contributed by atoms with Crippen LogP contribution in [0.15, 0.2) is 36.8 Å². The highest BCUT2D eigenvalue weighted by atomic mass is 15.3. The second-order valence-electron chi connectivity index (χ2n) is 5.91. The van der Waals surface area contributed by atoms with Gasteiger partial charge in [-0.3, -0.25) is 4.98 Å². The Labute approximate surface area is 141 Å². The molecule has 24 heavy (non-hydrogen) atoms. The van der Waals surface area contributed by atoms with E-state index in [1.165, 1.54) is 0 Å². The molecule has 1 saturated heterocycles. The Hall–Kier alpha value is -2.61. The second-order valence-corrected chi connectivity index (χ2v) is 5.91. The topological polar surface area (TPSA) is 79.2 Å². The summed E-state index contributed by atoms with van der Waals surface area (Å²) < 4.78 is 1.73. The normalized spacial score (nSPS) is 17.2. The standard InChI is InChI=1S/C16H18BN7/c17-13-10-21-24-15(20-8-11-2-1-4-18-7-11)6-14(23-16(13)24)22-12-3-5-19-9-12/h1-2,4,6-7,10,12,19-20H,3,5,8-9H2,(H,22,23)/t12-/m0/s1. The monoisotopic (exact) mass is 319 g/mol. The molecule has 120 valence electrons. The van der Waals surface area contributed by atoms with Gasteiger partial charge in [0.05, 0.1) is 0 Å². The van der Waals surface area contributed by atoms with E-state index in [1.54, 1.807) is 16.9 Å². The van der Waals surface area contributed by atoms with Crippen LogP contribution in [0.5, 0.6) is 0 Å². The van der Waals surface area contributed by atoms with Crippen LogP contribution in [0.2, 0.25) is 0 Å². The molecule has 0 saturated carbocycles. The van der Waals surface area contributed by atoms with Crippen molar-refractivity contribution in [3.05, 3.63) is 42.4 Å². The van der Waals surface area contributed by atoms with Crippen molar-refractivity contribution < 1.29 is 0 Å². The fourth-order valence-corrected chi connectivity index (χ4v) is 2.86. The van der Waals surface area contributed by atoms with Gasteiger partial charge in [-0.25, -0.2) is 4.98 Å². The minimum Gasteiger partial charge on any atom is -0.366 e. The summed E-state index contributed by atoms with van der Waals surface area (Å²) >= 11 is 0. The molecule has 0 aromatic carbocycles. The van der Waals surface area contributed by atoms with Gasteiger partial charge in [0.2, 0.25) is 0 Å². The van der Waals surface area contributed by atoms with E-state index in [-0.39, 0.29) is 0 Å². The van der Waals surface area contributed by atoms with Crippen molar-refractivity contribution in [1.82, 2.24) is 24.9 Å². The maximum absolute atomic E-state index is 6.01. The lowest BCUT2D eigenvalue weighted by atomic mass is 10.0. The first-order valence-electron chi connectivity index (χ1n) is 8.04. The number of rotatable bonds is 5. The maximum atomic E-state index is 6.01. The lowest BCUT2D eigenvalue weighted by molar-refractivity contribution is 0.786. The SMILES string of the molecule is [B]c1cnn2c(NCc3cccnc3)cc(N[C@H]3CCNC3)nc12. The van der Waals surface area contributed by atoms with Gasteiger partial charge in [-0.1, -0.05) is 6.07 Å². The highest BCUT2D eigenvalue weighted by Gasteiger charge is 2.16. The molecule has 0 unspecified atom stereocenters. The number of anilines is 2. The number of nitrogens with zero attached hydrogens (tertiary/aromatic N) is 4. The minimum absolute atomic E-state index is 0.385. The fraction of sp³-hybridized carbons (Fsp3) is 0.312. The lowest BCUT2D eigenvalue weighted by Crippen LogP contribution is -2.23. The van der Waals surface area contributed by atoms with Crippen molar-refractivity contribution in [2.45, 2.75) is 19.0 Å². The lowest BCUT2D eigenvalue weighted by Gasteiger charge is -2.15. The minimum atomic E-state index is 0.385. The van der Waals surface area contributed by atoms with Crippen molar-refractivity contribution in [2.24, 2.45) is 0 Å². The van der Waals surface area contributed by atoms with Crippen LogP contribution in [0.1, 0.15) is 12.0 Å². The second kappa shape index (κ2) is 6.49. The van der Waals surface area contributed by atoms with Gasteiger partial charge in [0.1, 0.15) is 19.5 Å². The molecule has 4 heterocycles. The van der Waals surface area contributed by atoms with Gasteiger partial charge in [0, 0.05) is 43.8 Å². The number of pyridine rings is 1. The molecule has 1 fully saturated rings. The summed E-state index contributed by atoms with van der Waals surface area (Å²) in [7, 11) is 6.01. The molecule has 0 bridgehead atoms. The van der Waals surface area contributed by atoms with Crippen LogP contribution in [0.4, 0.5) is 11.6 Å². The molecule has 1 aliphatic rings. The number of fused-ring (bicyclic) bond motifs is 1. The van der Waals surface area contributed by atoms with E-state index in [2.05, 4.69) is 31.0 Å². The molecule has 4 rings (SSSR count). The summed E-state index contributed by atoms with van der Waals surface area (Å²) in [6.45, 7) is 2.62. The van der Waals surface area contributed by atoms with Crippen molar-refractivity contribution >= 4 is 30.6 Å². The van der Waals surface area contributed by atoms with E-state index >= 15 is 0 Å². The van der Waals surface area contributed by atoms with Crippen LogP contribution in [0.25, 0.3) is 5.65 Å². The zero-order valence-electron chi connectivity index (χ0n) is 13.2. The molecule has 7 nitrogen and oxygen atoms in total. The van der Waals surface area contributed by atoms with E-state index in [0.29, 0.717) is 23.7 Å². The largest absolute Gasteiger partial charge is 0.366 e. The summed E-state index contributed by atoms with van der Waals surface area (Å²) in [5.41, 5.74) is 2.31. The summed E-state index contributed by atoms with van der Waals surface area (Å²) in [4.78, 5) is 8.73. The van der Waals surface area contributed by atoms with Crippen LogP contribution < -0.4 is 21.4 Å². The molecule has 3 N–H and O–H groups in total. The predicted octanol–water partition coefficient (Wildman–Crippen LogP) is 0.304. The molecule has 0 amide bonds. The fourth-order valence-electron chi connectivity index (χ4n) is 2.86. The molecule has 2 radical (unpaired) electrons. The van der Waals surface area contributed by atoms with Crippen LogP contribution in [0.3, 0.4) is 0 Å². The van der Waals surface area contributed by atoms with Gasteiger partial charge >= 0.3 is 0 Å². The Balaban J connectivity index is 1.62. The van der Waals surface area contributed by atoms with Gasteiger partial charge in [-0.05, 0) is 30.1 Å². The van der Waals surface area contributed by atoms with E-state index in [1.807, 2.05) is 24.4 Å². The third-order valence-electron chi connectivity index (χ3n) is 4.11.